The summed E-state index contributed by atoms with van der Waals surface area (Å²) in [6.07, 6.45) is 8.93. The predicted molar refractivity (Wildman–Crippen MR) is 330 cm³/mol. The number of phenols is 3. The van der Waals surface area contributed by atoms with Crippen molar-refractivity contribution in [3.63, 3.8) is 0 Å². The van der Waals surface area contributed by atoms with Crippen LogP contribution >= 0.6 is 0 Å². The van der Waals surface area contributed by atoms with E-state index >= 15 is 8.78 Å². The van der Waals surface area contributed by atoms with Gasteiger partial charge < -0.3 is 59.8 Å². The number of anilines is 2. The molecule has 3 fully saturated rings. The number of rotatable bonds is 10. The topological polar surface area (TPSA) is 296 Å². The zero-order valence-electron chi connectivity index (χ0n) is 52.2. The molecule has 22 nitrogen and oxygen atoms in total. The Morgan fingerprint density at radius 2 is 1.60 bits per heavy atom. The molecule has 5 aliphatic heterocycles. The van der Waals surface area contributed by atoms with E-state index in [0.29, 0.717) is 51.5 Å². The van der Waals surface area contributed by atoms with Gasteiger partial charge >= 0.3 is 17.7 Å². The average molecular weight is 1260 g/mol. The number of halogens is 3. The number of carboxylic acid groups (broad SMARTS) is 1. The number of aliphatic hydroxyl groups excluding tert-OH is 2. The second-order valence-corrected chi connectivity index (χ2v) is 25.0. The molecule has 7 N–H and O–H groups in total. The fraction of sp³-hybridized carbons (Fsp3) is 0.470. The third-order valence-corrected chi connectivity index (χ3v) is 19.4. The Balaban J connectivity index is 0.929. The maximum absolute atomic E-state index is 16.2. The molecule has 1 unspecified atom stereocenters. The quantitative estimate of drug-likeness (QED) is 0.0299. The number of phenolic OH excluding ortho intramolecular Hbond substituents is 3. The number of methoxy groups -OCH3 is 1. The van der Waals surface area contributed by atoms with E-state index in [1.165, 1.54) is 59.4 Å². The standard InChI is InChI=1S/C66H76F3N7O15/c1-31-12-11-13-32(2)63(85)71-51-42(56(82)48-49(57(51)83)54(80)36(6)59-50(48)60(84)65(8,91-59)89-25-19-47(88-10)33(3)58(90-37(7)77)35(5)53(79)34(4)52(31)78)28-70-75-23-17-40(18-24-75)73(9)66(20-21-66)38-16-22-74(29-38)62-45(69)27-41-55(81)43(64(86)87)30-76(61(41)72-62)46-15-14-39(67)26-44(46)68/h11-15,19,25-28,30-31,33-35,38,40,47,52-53,58,78-80,82-83H,16-18,20-24,29H2,1-10H3,(H,71,85)(H,86,87)/t31-,33+,34+,35+,38?,47-,52-,53+,58+,65-/m0/s1. The number of hydrogen-bond acceptors (Lipinski definition) is 19. The van der Waals surface area contributed by atoms with Crippen molar-refractivity contribution in [2.75, 3.05) is 50.6 Å². The van der Waals surface area contributed by atoms with Gasteiger partial charge in [0.25, 0.3) is 11.7 Å². The van der Waals surface area contributed by atoms with Crippen LogP contribution in [0.5, 0.6) is 23.0 Å². The van der Waals surface area contributed by atoms with E-state index in [1.54, 1.807) is 49.8 Å². The van der Waals surface area contributed by atoms with Crippen LogP contribution in [0, 0.1) is 54.0 Å². The number of aromatic carboxylic acids is 1. The number of hydrogen-bond donors (Lipinski definition) is 7. The summed E-state index contributed by atoms with van der Waals surface area (Å²) in [6, 6.07) is 3.61. The number of aliphatic hydroxyl groups is 2. The van der Waals surface area contributed by atoms with Crippen LogP contribution in [0.4, 0.5) is 24.7 Å². The molecule has 1 aliphatic carbocycles. The first-order valence-electron chi connectivity index (χ1n) is 30.3. The van der Waals surface area contributed by atoms with Gasteiger partial charge in [-0.15, -0.1) is 0 Å². The predicted octanol–water partition coefficient (Wildman–Crippen LogP) is 8.36. The summed E-state index contributed by atoms with van der Waals surface area (Å²) in [5.74, 6) is -13.7. The number of amides is 1. The van der Waals surface area contributed by atoms with Crippen molar-refractivity contribution in [1.82, 2.24) is 19.5 Å². The lowest BCUT2D eigenvalue weighted by Crippen LogP contribution is -2.50. The van der Waals surface area contributed by atoms with Crippen LogP contribution in [0.1, 0.15) is 112 Å². The Morgan fingerprint density at radius 3 is 2.25 bits per heavy atom. The lowest BCUT2D eigenvalue weighted by Gasteiger charge is -2.42. The number of pyridine rings is 2. The van der Waals surface area contributed by atoms with Crippen LogP contribution in [0.15, 0.2) is 76.5 Å². The number of benzene rings is 3. The molecule has 91 heavy (non-hydrogen) atoms. The molecule has 5 bridgehead atoms. The molecular formula is C66H76F3N7O15. The number of hydrazone groups is 1. The fourth-order valence-electron chi connectivity index (χ4n) is 13.7. The van der Waals surface area contributed by atoms with Gasteiger partial charge in [-0.25, -0.2) is 22.9 Å². The highest BCUT2D eigenvalue weighted by Gasteiger charge is 2.56. The number of ketones is 1. The summed E-state index contributed by atoms with van der Waals surface area (Å²) in [4.78, 5) is 75.6. The van der Waals surface area contributed by atoms with Gasteiger partial charge in [-0.05, 0) is 83.2 Å². The van der Waals surface area contributed by atoms with E-state index in [-0.39, 0.29) is 79.1 Å². The summed E-state index contributed by atoms with van der Waals surface area (Å²) in [5, 5.41) is 77.9. The van der Waals surface area contributed by atoms with Crippen LogP contribution in [0.3, 0.4) is 0 Å². The molecule has 5 aromatic rings. The number of nitrogens with one attached hydrogen (secondary N) is 1. The number of fused-ring (bicyclic) bond motifs is 15. The fourth-order valence-corrected chi connectivity index (χ4v) is 13.7. The van der Waals surface area contributed by atoms with Gasteiger partial charge in [-0.3, -0.25) is 33.7 Å². The molecule has 2 saturated heterocycles. The molecule has 1 amide bonds. The zero-order chi connectivity index (χ0) is 66.0. The van der Waals surface area contributed by atoms with E-state index < -0.39 is 129 Å². The van der Waals surface area contributed by atoms with E-state index in [4.69, 9.17) is 24.0 Å². The van der Waals surface area contributed by atoms with Crippen LogP contribution in [0.25, 0.3) is 27.5 Å². The van der Waals surface area contributed by atoms with E-state index in [9.17, 15) is 59.0 Å². The first-order chi connectivity index (χ1) is 43.0. The highest BCUT2D eigenvalue weighted by molar-refractivity contribution is 6.24. The maximum atomic E-state index is 16.2. The van der Waals surface area contributed by atoms with Crippen molar-refractivity contribution in [3.8, 4) is 28.7 Å². The average Bonchev–Trinajstić information content (AvgIpc) is 1.75. The van der Waals surface area contributed by atoms with Gasteiger partial charge in [0.05, 0.1) is 64.1 Å². The number of esters is 1. The molecule has 25 heteroatoms. The minimum Gasteiger partial charge on any atom is -0.507 e. The number of carbonyl (C=O) groups excluding carboxylic acids is 3. The van der Waals surface area contributed by atoms with Gasteiger partial charge in [0.1, 0.15) is 40.6 Å². The third-order valence-electron chi connectivity index (χ3n) is 19.4. The van der Waals surface area contributed by atoms with Gasteiger partial charge in [-0.2, -0.15) is 5.10 Å². The number of nitrogens with zero attached hydrogens (tertiary/aromatic N) is 6. The van der Waals surface area contributed by atoms with Crippen molar-refractivity contribution in [3.05, 3.63) is 117 Å². The largest absolute Gasteiger partial charge is 0.507 e. The first kappa shape index (κ1) is 65.4. The Kier molecular flexibility index (Phi) is 18.2. The van der Waals surface area contributed by atoms with Gasteiger partial charge in [-0.1, -0.05) is 45.9 Å². The van der Waals surface area contributed by atoms with Crippen LogP contribution in [-0.2, 0) is 23.8 Å². The van der Waals surface area contributed by atoms with Crippen LogP contribution < -0.4 is 20.4 Å². The molecule has 486 valence electrons. The SMILES string of the molecule is CO[C@H]1C=CO[C@@]2(C)Oc3c(C)c(O)c4c(O)c(c(C=NN5CCC(N(C)C6(C7CCN(c8nc9c(cc8F)c(=O)c(C(=O)O)cn9-c8ccc(F)cc8F)C7)CC6)CC5)c(O)c4c3C2=O)NC(=O)C(C)=CC=C[C@H](C)[C@H](O)[C@@H](C)[C@@H](O)[C@@H](C)[C@H](OC(C)=O)[C@@H]1C. The number of carboxylic acids is 1. The number of Topliss-reactive ketones (excluding diaryl/α,β-unsaturated/α-hetero) is 1. The molecule has 6 aliphatic rings. The lowest BCUT2D eigenvalue weighted by molar-refractivity contribution is -0.160. The second-order valence-electron chi connectivity index (χ2n) is 25.0. The molecule has 7 heterocycles. The van der Waals surface area contributed by atoms with Crippen LogP contribution in [-0.4, -0.2) is 162 Å². The number of aromatic hydroxyl groups is 3. The minimum absolute atomic E-state index is 0.00482. The van der Waals surface area contributed by atoms with Gasteiger partial charge in [0.15, 0.2) is 23.0 Å². The Hall–Kier alpha value is -8.52. The molecule has 0 radical (unpaired) electrons. The zero-order valence-corrected chi connectivity index (χ0v) is 52.2. The van der Waals surface area contributed by atoms with Crippen molar-refractivity contribution in [2.24, 2.45) is 34.7 Å². The van der Waals surface area contributed by atoms with Crippen molar-refractivity contribution < 1.29 is 81.9 Å². The number of piperidine rings is 1. The minimum atomic E-state index is -2.14. The Morgan fingerprint density at radius 1 is 0.901 bits per heavy atom. The lowest BCUT2D eigenvalue weighted by atomic mass is 9.78. The molecule has 11 rings (SSSR count). The third kappa shape index (κ3) is 12.0. The van der Waals surface area contributed by atoms with Gasteiger partial charge in [0.2, 0.25) is 5.43 Å². The maximum Gasteiger partial charge on any atom is 0.341 e. The van der Waals surface area contributed by atoms with E-state index in [2.05, 4.69) is 22.2 Å². The normalized spacial score (nSPS) is 26.6. The van der Waals surface area contributed by atoms with Crippen LogP contribution in [0.2, 0.25) is 0 Å². The smallest absolute Gasteiger partial charge is 0.341 e. The van der Waals surface area contributed by atoms with Crippen molar-refractivity contribution in [2.45, 2.75) is 129 Å². The molecule has 10 atom stereocenters. The number of carbonyl (C=O) groups is 4. The Labute approximate surface area is 522 Å². The molecule has 2 aromatic heterocycles. The van der Waals surface area contributed by atoms with Crippen molar-refractivity contribution >= 4 is 63.2 Å². The molecular weight excluding hydrogens is 1190 g/mol. The highest BCUT2D eigenvalue weighted by atomic mass is 19.1. The first-order valence-corrected chi connectivity index (χ1v) is 30.3. The molecule has 3 aromatic carbocycles. The molecule has 0 spiro atoms. The number of aromatic nitrogens is 2. The summed E-state index contributed by atoms with van der Waals surface area (Å²) in [6.45, 7) is 13.9. The summed E-state index contributed by atoms with van der Waals surface area (Å²) >= 11 is 0. The van der Waals surface area contributed by atoms with Crippen molar-refractivity contribution in [1.29, 1.82) is 0 Å². The second kappa shape index (κ2) is 25.3. The summed E-state index contributed by atoms with van der Waals surface area (Å²) < 4.78 is 70.3. The molecule has 1 saturated carbocycles. The van der Waals surface area contributed by atoms with E-state index in [0.717, 1.165) is 41.8 Å². The van der Waals surface area contributed by atoms with Gasteiger partial charge in [0, 0.05) is 111 Å². The number of ether oxygens (including phenoxy) is 4. The van der Waals surface area contributed by atoms with E-state index in [1.807, 2.05) is 0 Å². The monoisotopic (exact) mass is 1260 g/mol. The summed E-state index contributed by atoms with van der Waals surface area (Å²) in [5.41, 5.74) is -3.26. The number of allylic oxidation sites excluding steroid dienone is 2. The highest BCUT2D eigenvalue weighted by Crippen LogP contribution is 2.56. The Bertz CT molecular complexity index is 3950. The summed E-state index contributed by atoms with van der Waals surface area (Å²) in [7, 11) is 3.47.